The van der Waals surface area contributed by atoms with Crippen LogP contribution in [0.15, 0.2) is 24.3 Å². The van der Waals surface area contributed by atoms with Gasteiger partial charge in [-0.1, -0.05) is 12.1 Å². The van der Waals surface area contributed by atoms with Crippen LogP contribution in [0, 0.1) is 5.41 Å². The van der Waals surface area contributed by atoms with Crippen LogP contribution in [0.5, 0.6) is 0 Å². The van der Waals surface area contributed by atoms with Gasteiger partial charge in [0, 0.05) is 5.56 Å². The Hall–Kier alpha value is -1.33. The molecule has 1 rings (SSSR count). The Morgan fingerprint density at radius 1 is 1.36 bits per heavy atom. The summed E-state index contributed by atoms with van der Waals surface area (Å²) in [6.45, 7) is 2.25. The van der Waals surface area contributed by atoms with Crippen molar-refractivity contribution < 1.29 is 14.8 Å². The Bertz CT molecular complexity index is 310. The third kappa shape index (κ3) is 2.58. The van der Waals surface area contributed by atoms with Gasteiger partial charge in [0.2, 0.25) is 5.90 Å². The van der Waals surface area contributed by atoms with Crippen molar-refractivity contribution in [2.45, 2.75) is 6.92 Å². The van der Waals surface area contributed by atoms with E-state index < -0.39 is 7.12 Å². The number of rotatable bonds is 3. The summed E-state index contributed by atoms with van der Waals surface area (Å²) in [6, 6.07) is 6.33. The molecule has 0 heterocycles. The Kier molecular flexibility index (Phi) is 3.68. The molecule has 1 aromatic carbocycles. The van der Waals surface area contributed by atoms with Gasteiger partial charge in [-0.25, -0.2) is 0 Å². The fourth-order valence-corrected chi connectivity index (χ4v) is 1.03. The third-order valence-electron chi connectivity index (χ3n) is 1.76. The quantitative estimate of drug-likeness (QED) is 0.351. The van der Waals surface area contributed by atoms with Crippen molar-refractivity contribution in [2.24, 2.45) is 0 Å². The second-order valence-electron chi connectivity index (χ2n) is 2.76. The molecular formula is C9H12BNO3. The van der Waals surface area contributed by atoms with Crippen molar-refractivity contribution in [1.29, 1.82) is 5.41 Å². The fraction of sp³-hybridized carbons (Fsp3) is 0.222. The summed E-state index contributed by atoms with van der Waals surface area (Å²) in [7, 11) is -1.47. The van der Waals surface area contributed by atoms with E-state index in [0.29, 0.717) is 17.6 Å². The maximum atomic E-state index is 8.83. The predicted molar refractivity (Wildman–Crippen MR) is 54.7 cm³/mol. The van der Waals surface area contributed by atoms with Crippen LogP contribution in [-0.2, 0) is 4.74 Å². The van der Waals surface area contributed by atoms with E-state index in [0.717, 1.165) is 0 Å². The first-order valence-corrected chi connectivity index (χ1v) is 4.33. The van der Waals surface area contributed by atoms with E-state index in [1.54, 1.807) is 31.2 Å². The van der Waals surface area contributed by atoms with Crippen molar-refractivity contribution in [3.05, 3.63) is 29.8 Å². The predicted octanol–water partition coefficient (Wildman–Crippen LogP) is -0.272. The van der Waals surface area contributed by atoms with Crippen LogP contribution in [0.25, 0.3) is 0 Å². The Labute approximate surface area is 82.8 Å². The first-order valence-electron chi connectivity index (χ1n) is 4.33. The highest BCUT2D eigenvalue weighted by molar-refractivity contribution is 6.58. The standard InChI is InChI=1S/C9H12BNO3/c1-2-14-9(11)7-3-5-8(6-4-7)10(12)13/h3-6,11-13H,2H2,1H3. The van der Waals surface area contributed by atoms with Gasteiger partial charge in [-0.2, -0.15) is 0 Å². The zero-order valence-electron chi connectivity index (χ0n) is 7.90. The summed E-state index contributed by atoms with van der Waals surface area (Å²) in [6.07, 6.45) is 0. The minimum absolute atomic E-state index is 0.0893. The molecule has 0 aliphatic rings. The van der Waals surface area contributed by atoms with E-state index in [4.69, 9.17) is 20.2 Å². The van der Waals surface area contributed by atoms with E-state index in [2.05, 4.69) is 0 Å². The molecule has 0 atom stereocenters. The average Bonchev–Trinajstić information content (AvgIpc) is 2.18. The molecule has 0 amide bonds. The van der Waals surface area contributed by atoms with Gasteiger partial charge in [-0.05, 0) is 24.5 Å². The maximum absolute atomic E-state index is 8.83. The second-order valence-corrected chi connectivity index (χ2v) is 2.76. The lowest BCUT2D eigenvalue weighted by molar-refractivity contribution is 0.325. The Morgan fingerprint density at radius 3 is 2.36 bits per heavy atom. The molecule has 1 aromatic rings. The minimum Gasteiger partial charge on any atom is -0.478 e. The van der Waals surface area contributed by atoms with Crippen LogP contribution in [0.4, 0.5) is 0 Å². The topological polar surface area (TPSA) is 73.5 Å². The molecular weight excluding hydrogens is 181 g/mol. The van der Waals surface area contributed by atoms with Gasteiger partial charge in [0.15, 0.2) is 0 Å². The number of hydrogen-bond acceptors (Lipinski definition) is 4. The Balaban J connectivity index is 2.78. The highest BCUT2D eigenvalue weighted by atomic mass is 16.5. The minimum atomic E-state index is -1.47. The SMILES string of the molecule is CCOC(=N)c1ccc(B(O)O)cc1. The third-order valence-corrected chi connectivity index (χ3v) is 1.76. The molecule has 0 aromatic heterocycles. The molecule has 0 spiro atoms. The van der Waals surface area contributed by atoms with Crippen LogP contribution in [-0.4, -0.2) is 29.7 Å². The average molecular weight is 193 g/mol. The summed E-state index contributed by atoms with van der Waals surface area (Å²) in [4.78, 5) is 0. The summed E-state index contributed by atoms with van der Waals surface area (Å²) < 4.78 is 4.99. The first-order chi connectivity index (χ1) is 6.65. The lowest BCUT2D eigenvalue weighted by Gasteiger charge is -2.05. The molecule has 5 heteroatoms. The molecule has 0 aliphatic carbocycles. The van der Waals surface area contributed by atoms with Crippen molar-refractivity contribution in [2.75, 3.05) is 6.61 Å². The van der Waals surface area contributed by atoms with E-state index in [9.17, 15) is 0 Å². The van der Waals surface area contributed by atoms with Crippen LogP contribution in [0.3, 0.4) is 0 Å². The molecule has 14 heavy (non-hydrogen) atoms. The van der Waals surface area contributed by atoms with Crippen molar-refractivity contribution in [3.63, 3.8) is 0 Å². The molecule has 0 fully saturated rings. The smallest absolute Gasteiger partial charge is 0.478 e. The molecule has 0 radical (unpaired) electrons. The maximum Gasteiger partial charge on any atom is 0.488 e. The van der Waals surface area contributed by atoms with Crippen molar-refractivity contribution >= 4 is 18.5 Å². The van der Waals surface area contributed by atoms with Gasteiger partial charge in [0.05, 0.1) is 6.61 Å². The van der Waals surface area contributed by atoms with Gasteiger partial charge >= 0.3 is 7.12 Å². The monoisotopic (exact) mass is 193 g/mol. The van der Waals surface area contributed by atoms with Gasteiger partial charge < -0.3 is 14.8 Å². The van der Waals surface area contributed by atoms with E-state index in [-0.39, 0.29) is 5.90 Å². The van der Waals surface area contributed by atoms with E-state index in [1.807, 2.05) is 0 Å². The fourth-order valence-electron chi connectivity index (χ4n) is 1.03. The van der Waals surface area contributed by atoms with Crippen LogP contribution < -0.4 is 5.46 Å². The molecule has 4 nitrogen and oxygen atoms in total. The first kappa shape index (κ1) is 10.8. The number of ether oxygens (including phenoxy) is 1. The van der Waals surface area contributed by atoms with E-state index in [1.165, 1.54) is 0 Å². The summed E-state index contributed by atoms with van der Waals surface area (Å²) in [5, 5.41) is 25.1. The summed E-state index contributed by atoms with van der Waals surface area (Å²) in [5.41, 5.74) is 1.02. The lowest BCUT2D eigenvalue weighted by atomic mass is 9.80. The zero-order valence-corrected chi connectivity index (χ0v) is 7.90. The molecule has 0 saturated heterocycles. The number of benzene rings is 1. The van der Waals surface area contributed by atoms with Gasteiger partial charge in [0.1, 0.15) is 0 Å². The molecule has 3 N–H and O–H groups in total. The van der Waals surface area contributed by atoms with Gasteiger partial charge in [-0.15, -0.1) is 0 Å². The highest BCUT2D eigenvalue weighted by Gasteiger charge is 2.10. The lowest BCUT2D eigenvalue weighted by Crippen LogP contribution is -2.29. The molecule has 0 unspecified atom stereocenters. The number of nitrogens with one attached hydrogen (secondary N) is 1. The van der Waals surface area contributed by atoms with Gasteiger partial charge in [0.25, 0.3) is 0 Å². The highest BCUT2D eigenvalue weighted by Crippen LogP contribution is 1.99. The van der Waals surface area contributed by atoms with Gasteiger partial charge in [-0.3, -0.25) is 5.41 Å². The van der Waals surface area contributed by atoms with Crippen LogP contribution in [0.2, 0.25) is 0 Å². The molecule has 0 saturated carbocycles. The summed E-state index contributed by atoms with van der Waals surface area (Å²) >= 11 is 0. The zero-order chi connectivity index (χ0) is 10.6. The van der Waals surface area contributed by atoms with Crippen LogP contribution in [0.1, 0.15) is 12.5 Å². The second kappa shape index (κ2) is 4.78. The molecule has 0 bridgehead atoms. The molecule has 0 aliphatic heterocycles. The van der Waals surface area contributed by atoms with E-state index >= 15 is 0 Å². The number of hydrogen-bond donors (Lipinski definition) is 3. The summed E-state index contributed by atoms with van der Waals surface area (Å²) in [5.74, 6) is 0.0893. The van der Waals surface area contributed by atoms with Crippen molar-refractivity contribution in [3.8, 4) is 0 Å². The van der Waals surface area contributed by atoms with Crippen molar-refractivity contribution in [1.82, 2.24) is 0 Å². The normalized spacial score (nSPS) is 9.64. The molecule has 74 valence electrons. The Morgan fingerprint density at radius 2 is 1.93 bits per heavy atom. The van der Waals surface area contributed by atoms with Crippen LogP contribution >= 0.6 is 0 Å². The largest absolute Gasteiger partial charge is 0.488 e.